The number of nitrogens with zero attached hydrogens (tertiary/aromatic N) is 1. The van der Waals surface area contributed by atoms with Gasteiger partial charge in [0.05, 0.1) is 0 Å². The van der Waals surface area contributed by atoms with E-state index in [1.54, 1.807) is 0 Å². The van der Waals surface area contributed by atoms with E-state index >= 15 is 0 Å². The van der Waals surface area contributed by atoms with E-state index in [0.29, 0.717) is 6.04 Å². The molecule has 0 aliphatic heterocycles. The van der Waals surface area contributed by atoms with Crippen LogP contribution in [-0.2, 0) is 0 Å². The molecule has 0 fully saturated rings. The van der Waals surface area contributed by atoms with E-state index in [9.17, 15) is 0 Å². The first-order valence-electron chi connectivity index (χ1n) is 6.45. The van der Waals surface area contributed by atoms with Crippen LogP contribution in [0.1, 0.15) is 54.4 Å². The standard InChI is InChI=1S/C13H30N2/c1-7-12(4)15(9-3)11-10-14-13(5,6)8-2/h12,14H,7-11H2,1-6H3. The van der Waals surface area contributed by atoms with Crippen molar-refractivity contribution in [1.29, 1.82) is 0 Å². The first kappa shape index (κ1) is 14.9. The second-order valence-corrected chi connectivity index (χ2v) is 5.05. The van der Waals surface area contributed by atoms with Gasteiger partial charge in [-0.25, -0.2) is 0 Å². The van der Waals surface area contributed by atoms with Crippen LogP contribution < -0.4 is 5.32 Å². The minimum absolute atomic E-state index is 0.287. The lowest BCUT2D eigenvalue weighted by Crippen LogP contribution is -2.44. The van der Waals surface area contributed by atoms with Gasteiger partial charge in [-0.15, -0.1) is 0 Å². The fourth-order valence-electron chi connectivity index (χ4n) is 1.61. The van der Waals surface area contributed by atoms with Gasteiger partial charge >= 0.3 is 0 Å². The van der Waals surface area contributed by atoms with Crippen molar-refractivity contribution in [3.8, 4) is 0 Å². The molecule has 0 saturated carbocycles. The molecule has 0 saturated heterocycles. The molecule has 0 amide bonds. The Bertz CT molecular complexity index is 155. The second kappa shape index (κ2) is 7.24. The predicted octanol–water partition coefficient (Wildman–Crippen LogP) is 2.89. The van der Waals surface area contributed by atoms with Gasteiger partial charge in [-0.1, -0.05) is 20.8 Å². The van der Waals surface area contributed by atoms with E-state index in [-0.39, 0.29) is 5.54 Å². The van der Waals surface area contributed by atoms with Gasteiger partial charge in [-0.3, -0.25) is 4.90 Å². The molecular weight excluding hydrogens is 184 g/mol. The van der Waals surface area contributed by atoms with Crippen molar-refractivity contribution in [3.05, 3.63) is 0 Å². The van der Waals surface area contributed by atoms with Crippen LogP contribution in [0.3, 0.4) is 0 Å². The summed E-state index contributed by atoms with van der Waals surface area (Å²) in [6, 6.07) is 0.710. The van der Waals surface area contributed by atoms with Gasteiger partial charge in [-0.2, -0.15) is 0 Å². The Kier molecular flexibility index (Phi) is 7.20. The highest BCUT2D eigenvalue weighted by Crippen LogP contribution is 2.07. The van der Waals surface area contributed by atoms with Crippen LogP contribution in [0, 0.1) is 0 Å². The van der Waals surface area contributed by atoms with E-state index in [1.165, 1.54) is 12.8 Å². The van der Waals surface area contributed by atoms with Crippen molar-refractivity contribution in [1.82, 2.24) is 10.2 Å². The van der Waals surface area contributed by atoms with E-state index in [1.807, 2.05) is 0 Å². The Balaban J connectivity index is 3.82. The monoisotopic (exact) mass is 214 g/mol. The topological polar surface area (TPSA) is 15.3 Å². The molecular formula is C13H30N2. The molecule has 0 heterocycles. The average molecular weight is 214 g/mol. The molecule has 0 aliphatic rings. The SMILES string of the molecule is CCC(C)N(CC)CCNC(C)(C)CC. The predicted molar refractivity (Wildman–Crippen MR) is 69.4 cm³/mol. The quantitative estimate of drug-likeness (QED) is 0.668. The first-order chi connectivity index (χ1) is 6.96. The molecule has 1 unspecified atom stereocenters. The number of likely N-dealkylation sites (N-methyl/N-ethyl adjacent to an activating group) is 1. The Morgan fingerprint density at radius 2 is 1.80 bits per heavy atom. The van der Waals surface area contributed by atoms with Crippen molar-refractivity contribution in [2.45, 2.75) is 66.0 Å². The highest BCUT2D eigenvalue weighted by atomic mass is 15.2. The van der Waals surface area contributed by atoms with Crippen LogP contribution in [0.2, 0.25) is 0 Å². The van der Waals surface area contributed by atoms with Gasteiger partial charge in [0.25, 0.3) is 0 Å². The Morgan fingerprint density at radius 1 is 1.20 bits per heavy atom. The minimum atomic E-state index is 0.287. The maximum absolute atomic E-state index is 3.61. The molecule has 0 aromatic heterocycles. The maximum Gasteiger partial charge on any atom is 0.0123 e. The van der Waals surface area contributed by atoms with Crippen molar-refractivity contribution < 1.29 is 0 Å². The largest absolute Gasteiger partial charge is 0.311 e. The second-order valence-electron chi connectivity index (χ2n) is 5.05. The fourth-order valence-corrected chi connectivity index (χ4v) is 1.61. The van der Waals surface area contributed by atoms with Crippen LogP contribution in [0.25, 0.3) is 0 Å². The molecule has 1 N–H and O–H groups in total. The Hall–Kier alpha value is -0.0800. The molecule has 0 bridgehead atoms. The van der Waals surface area contributed by atoms with E-state index < -0.39 is 0 Å². The molecule has 0 aliphatic carbocycles. The third-order valence-electron chi connectivity index (χ3n) is 3.51. The lowest BCUT2D eigenvalue weighted by Gasteiger charge is -2.30. The smallest absolute Gasteiger partial charge is 0.0123 e. The van der Waals surface area contributed by atoms with Gasteiger partial charge < -0.3 is 5.32 Å². The number of rotatable bonds is 8. The molecule has 0 rings (SSSR count). The third-order valence-corrected chi connectivity index (χ3v) is 3.51. The van der Waals surface area contributed by atoms with Gasteiger partial charge in [0.1, 0.15) is 0 Å². The van der Waals surface area contributed by atoms with Gasteiger partial charge in [0, 0.05) is 24.7 Å². The summed E-state index contributed by atoms with van der Waals surface area (Å²) in [6.07, 6.45) is 2.42. The summed E-state index contributed by atoms with van der Waals surface area (Å²) in [5.74, 6) is 0. The van der Waals surface area contributed by atoms with E-state index in [2.05, 4.69) is 51.8 Å². The molecule has 1 atom stereocenters. The van der Waals surface area contributed by atoms with Crippen LogP contribution in [0.4, 0.5) is 0 Å². The van der Waals surface area contributed by atoms with Gasteiger partial charge in [0.15, 0.2) is 0 Å². The first-order valence-corrected chi connectivity index (χ1v) is 6.45. The highest BCUT2D eigenvalue weighted by molar-refractivity contribution is 4.76. The molecule has 0 aromatic rings. The van der Waals surface area contributed by atoms with E-state index in [0.717, 1.165) is 19.6 Å². The van der Waals surface area contributed by atoms with Crippen LogP contribution in [0.15, 0.2) is 0 Å². The normalized spacial score (nSPS) is 14.6. The lowest BCUT2D eigenvalue weighted by atomic mass is 10.0. The van der Waals surface area contributed by atoms with Gasteiger partial charge in [0.2, 0.25) is 0 Å². The zero-order valence-corrected chi connectivity index (χ0v) is 11.6. The molecule has 0 radical (unpaired) electrons. The number of hydrogen-bond acceptors (Lipinski definition) is 2. The summed E-state index contributed by atoms with van der Waals surface area (Å²) in [7, 11) is 0. The Labute approximate surface area is 96.4 Å². The van der Waals surface area contributed by atoms with Crippen molar-refractivity contribution in [2.24, 2.45) is 0 Å². The summed E-state index contributed by atoms with van der Waals surface area (Å²) >= 11 is 0. The number of nitrogens with one attached hydrogen (secondary N) is 1. The molecule has 2 heteroatoms. The summed E-state index contributed by atoms with van der Waals surface area (Å²) in [5.41, 5.74) is 0.287. The maximum atomic E-state index is 3.61. The zero-order chi connectivity index (χ0) is 11.9. The van der Waals surface area contributed by atoms with Crippen LogP contribution in [-0.4, -0.2) is 36.1 Å². The van der Waals surface area contributed by atoms with Gasteiger partial charge in [-0.05, 0) is 40.2 Å². The zero-order valence-electron chi connectivity index (χ0n) is 11.6. The highest BCUT2D eigenvalue weighted by Gasteiger charge is 2.15. The lowest BCUT2D eigenvalue weighted by molar-refractivity contribution is 0.206. The van der Waals surface area contributed by atoms with E-state index in [4.69, 9.17) is 0 Å². The van der Waals surface area contributed by atoms with Crippen molar-refractivity contribution in [2.75, 3.05) is 19.6 Å². The summed E-state index contributed by atoms with van der Waals surface area (Å²) in [5, 5.41) is 3.61. The summed E-state index contributed by atoms with van der Waals surface area (Å²) in [6.45, 7) is 17.0. The van der Waals surface area contributed by atoms with Crippen LogP contribution >= 0.6 is 0 Å². The summed E-state index contributed by atoms with van der Waals surface area (Å²) in [4.78, 5) is 2.54. The summed E-state index contributed by atoms with van der Waals surface area (Å²) < 4.78 is 0. The molecule has 0 spiro atoms. The van der Waals surface area contributed by atoms with Crippen LogP contribution in [0.5, 0.6) is 0 Å². The third kappa shape index (κ3) is 6.16. The average Bonchev–Trinajstić information content (AvgIpc) is 2.23. The molecule has 2 nitrogen and oxygen atoms in total. The van der Waals surface area contributed by atoms with Crippen molar-refractivity contribution in [3.63, 3.8) is 0 Å². The van der Waals surface area contributed by atoms with Crippen molar-refractivity contribution >= 4 is 0 Å². The number of hydrogen-bond donors (Lipinski definition) is 1. The fraction of sp³-hybridized carbons (Fsp3) is 1.00. The molecule has 92 valence electrons. The molecule has 0 aromatic carbocycles. The minimum Gasteiger partial charge on any atom is -0.311 e. The molecule has 15 heavy (non-hydrogen) atoms. The Morgan fingerprint density at radius 3 is 2.20 bits per heavy atom.